The van der Waals surface area contributed by atoms with Gasteiger partial charge in [0.2, 0.25) is 0 Å². The smallest absolute Gasteiger partial charge is 0.352 e. The molecule has 0 atom stereocenters. The molecule has 156 valence electrons. The van der Waals surface area contributed by atoms with Gasteiger partial charge in [-0.15, -0.1) is 0 Å². The van der Waals surface area contributed by atoms with Crippen LogP contribution < -0.4 is 5.32 Å². The standard InChI is InChI=1S/C23H17ClFN3O3/c24-18-6-4-14(9-19(18)25)13-28-20-7-5-15(10-16(20)11-21(28)23(30)31)22(29)27-12-17-3-1-2-8-26-17/h1-11H,12-13H2,(H,27,29)(H,30,31). The van der Waals surface area contributed by atoms with Gasteiger partial charge in [0.05, 0.1) is 17.3 Å². The lowest BCUT2D eigenvalue weighted by Crippen LogP contribution is -2.23. The highest BCUT2D eigenvalue weighted by molar-refractivity contribution is 6.30. The molecule has 0 unspecified atom stereocenters. The molecule has 2 heterocycles. The fourth-order valence-electron chi connectivity index (χ4n) is 3.36. The van der Waals surface area contributed by atoms with E-state index in [9.17, 15) is 19.1 Å². The van der Waals surface area contributed by atoms with Crippen molar-refractivity contribution in [3.05, 3.63) is 100 Å². The Morgan fingerprint density at radius 2 is 1.94 bits per heavy atom. The van der Waals surface area contributed by atoms with Gasteiger partial charge in [-0.25, -0.2) is 9.18 Å². The molecule has 2 aromatic heterocycles. The van der Waals surface area contributed by atoms with Crippen LogP contribution in [-0.2, 0) is 13.1 Å². The molecule has 4 aromatic rings. The van der Waals surface area contributed by atoms with Gasteiger partial charge in [-0.1, -0.05) is 23.7 Å². The molecule has 4 rings (SSSR count). The summed E-state index contributed by atoms with van der Waals surface area (Å²) < 4.78 is 15.4. The third-order valence-electron chi connectivity index (χ3n) is 4.86. The Bertz CT molecular complexity index is 1290. The molecule has 2 aromatic carbocycles. The number of carbonyl (C=O) groups is 2. The van der Waals surface area contributed by atoms with Gasteiger partial charge in [0.1, 0.15) is 11.5 Å². The predicted molar refractivity (Wildman–Crippen MR) is 115 cm³/mol. The molecule has 0 bridgehead atoms. The minimum absolute atomic E-state index is 0.000860. The lowest BCUT2D eigenvalue weighted by Gasteiger charge is -2.10. The number of carbonyl (C=O) groups excluding carboxylic acids is 1. The van der Waals surface area contributed by atoms with E-state index in [1.807, 2.05) is 12.1 Å². The topological polar surface area (TPSA) is 84.2 Å². The zero-order valence-electron chi connectivity index (χ0n) is 16.2. The minimum atomic E-state index is -1.12. The van der Waals surface area contributed by atoms with Crippen molar-refractivity contribution in [1.29, 1.82) is 0 Å². The maximum absolute atomic E-state index is 13.8. The van der Waals surface area contributed by atoms with E-state index >= 15 is 0 Å². The van der Waals surface area contributed by atoms with Gasteiger partial charge in [-0.05, 0) is 54.1 Å². The summed E-state index contributed by atoms with van der Waals surface area (Å²) in [5.41, 5.74) is 2.35. The molecule has 0 radical (unpaired) electrons. The molecule has 0 spiro atoms. The van der Waals surface area contributed by atoms with Crippen molar-refractivity contribution in [3.8, 4) is 0 Å². The van der Waals surface area contributed by atoms with E-state index in [0.29, 0.717) is 22.0 Å². The zero-order chi connectivity index (χ0) is 22.0. The van der Waals surface area contributed by atoms with Gasteiger partial charge in [0, 0.05) is 29.2 Å². The first-order valence-electron chi connectivity index (χ1n) is 9.41. The first kappa shape index (κ1) is 20.6. The first-order chi connectivity index (χ1) is 14.9. The quantitative estimate of drug-likeness (QED) is 0.465. The molecule has 1 amide bonds. The van der Waals surface area contributed by atoms with Gasteiger partial charge in [0.15, 0.2) is 0 Å². The number of aromatic nitrogens is 2. The molecule has 0 aliphatic rings. The SMILES string of the molecule is O=C(NCc1ccccn1)c1ccc2c(c1)cc(C(=O)O)n2Cc1ccc(Cl)c(F)c1. The van der Waals surface area contributed by atoms with Crippen molar-refractivity contribution in [2.75, 3.05) is 0 Å². The van der Waals surface area contributed by atoms with Crippen LogP contribution in [0.5, 0.6) is 0 Å². The molecule has 0 saturated carbocycles. The maximum Gasteiger partial charge on any atom is 0.352 e. The first-order valence-corrected chi connectivity index (χ1v) is 9.79. The fourth-order valence-corrected chi connectivity index (χ4v) is 3.47. The molecule has 8 heteroatoms. The number of carboxylic acid groups (broad SMARTS) is 1. The van der Waals surface area contributed by atoms with Crippen LogP contribution in [0.1, 0.15) is 32.1 Å². The number of nitrogens with zero attached hydrogens (tertiary/aromatic N) is 2. The number of aromatic carboxylic acids is 1. The summed E-state index contributed by atoms with van der Waals surface area (Å²) in [7, 11) is 0. The van der Waals surface area contributed by atoms with Crippen molar-refractivity contribution >= 4 is 34.4 Å². The summed E-state index contributed by atoms with van der Waals surface area (Å²) in [6.45, 7) is 0.422. The number of amides is 1. The minimum Gasteiger partial charge on any atom is -0.477 e. The van der Waals surface area contributed by atoms with Crippen LogP contribution in [0.25, 0.3) is 10.9 Å². The summed E-state index contributed by atoms with van der Waals surface area (Å²) in [4.78, 5) is 28.5. The van der Waals surface area contributed by atoms with E-state index in [0.717, 1.165) is 5.69 Å². The Morgan fingerprint density at radius 3 is 2.65 bits per heavy atom. The van der Waals surface area contributed by atoms with Crippen LogP contribution >= 0.6 is 11.6 Å². The van der Waals surface area contributed by atoms with Gasteiger partial charge < -0.3 is 15.0 Å². The van der Waals surface area contributed by atoms with Crippen molar-refractivity contribution in [2.24, 2.45) is 0 Å². The Labute approximate surface area is 181 Å². The number of hydrogen-bond donors (Lipinski definition) is 2. The highest BCUT2D eigenvalue weighted by Crippen LogP contribution is 2.24. The molecular formula is C23H17ClFN3O3. The van der Waals surface area contributed by atoms with E-state index in [1.54, 1.807) is 41.1 Å². The molecule has 0 fully saturated rings. The molecule has 2 N–H and O–H groups in total. The summed E-state index contributed by atoms with van der Waals surface area (Å²) in [5.74, 6) is -1.98. The molecule has 6 nitrogen and oxygen atoms in total. The largest absolute Gasteiger partial charge is 0.477 e. The maximum atomic E-state index is 13.8. The van der Waals surface area contributed by atoms with E-state index in [2.05, 4.69) is 10.3 Å². The molecular weight excluding hydrogens is 421 g/mol. The number of carboxylic acids is 1. The molecule has 31 heavy (non-hydrogen) atoms. The lowest BCUT2D eigenvalue weighted by molar-refractivity contribution is 0.0686. The van der Waals surface area contributed by atoms with Crippen molar-refractivity contribution in [2.45, 2.75) is 13.1 Å². The van der Waals surface area contributed by atoms with Crippen LogP contribution in [0.15, 0.2) is 66.9 Å². The average Bonchev–Trinajstić information content (AvgIpc) is 3.13. The monoisotopic (exact) mass is 437 g/mol. The number of pyridine rings is 1. The second kappa shape index (κ2) is 8.57. The average molecular weight is 438 g/mol. The highest BCUT2D eigenvalue weighted by Gasteiger charge is 2.17. The number of fused-ring (bicyclic) bond motifs is 1. The second-order valence-corrected chi connectivity index (χ2v) is 7.35. The predicted octanol–water partition coefficient (Wildman–Crippen LogP) is 4.51. The van der Waals surface area contributed by atoms with Gasteiger partial charge in [-0.3, -0.25) is 9.78 Å². The number of nitrogens with one attached hydrogen (secondary N) is 1. The van der Waals surface area contributed by atoms with Crippen LogP contribution in [0.2, 0.25) is 5.02 Å². The number of benzene rings is 2. The van der Waals surface area contributed by atoms with Crippen LogP contribution in [0.3, 0.4) is 0 Å². The van der Waals surface area contributed by atoms with Gasteiger partial charge >= 0.3 is 5.97 Å². The third kappa shape index (κ3) is 4.41. The van der Waals surface area contributed by atoms with Crippen molar-refractivity contribution in [1.82, 2.24) is 14.9 Å². The summed E-state index contributed by atoms with van der Waals surface area (Å²) in [6.07, 6.45) is 1.65. The van der Waals surface area contributed by atoms with Crippen LogP contribution in [0, 0.1) is 5.82 Å². The summed E-state index contributed by atoms with van der Waals surface area (Å²) in [5, 5.41) is 13.0. The van der Waals surface area contributed by atoms with Crippen LogP contribution in [0.4, 0.5) is 4.39 Å². The van der Waals surface area contributed by atoms with E-state index < -0.39 is 11.8 Å². The Kier molecular flexibility index (Phi) is 5.68. The number of hydrogen-bond acceptors (Lipinski definition) is 3. The van der Waals surface area contributed by atoms with E-state index in [1.165, 1.54) is 18.2 Å². The van der Waals surface area contributed by atoms with Crippen molar-refractivity contribution < 1.29 is 19.1 Å². The fraction of sp³-hybridized carbons (Fsp3) is 0.0870. The number of halogens is 2. The van der Waals surface area contributed by atoms with Gasteiger partial charge in [0.25, 0.3) is 5.91 Å². The molecule has 0 aliphatic carbocycles. The van der Waals surface area contributed by atoms with Crippen molar-refractivity contribution in [3.63, 3.8) is 0 Å². The summed E-state index contributed by atoms with van der Waals surface area (Å²) in [6, 6.07) is 16.2. The zero-order valence-corrected chi connectivity index (χ0v) is 16.9. The third-order valence-corrected chi connectivity index (χ3v) is 5.17. The molecule has 0 saturated heterocycles. The second-order valence-electron chi connectivity index (χ2n) is 6.95. The Morgan fingerprint density at radius 1 is 1.10 bits per heavy atom. The van der Waals surface area contributed by atoms with E-state index in [4.69, 9.17) is 11.6 Å². The Hall–Kier alpha value is -3.71. The number of rotatable bonds is 6. The van der Waals surface area contributed by atoms with Gasteiger partial charge in [-0.2, -0.15) is 0 Å². The molecule has 0 aliphatic heterocycles. The Balaban J connectivity index is 1.63. The normalized spacial score (nSPS) is 10.9. The highest BCUT2D eigenvalue weighted by atomic mass is 35.5. The lowest BCUT2D eigenvalue weighted by atomic mass is 10.1. The van der Waals surface area contributed by atoms with E-state index in [-0.39, 0.29) is 29.7 Å². The summed E-state index contributed by atoms with van der Waals surface area (Å²) >= 11 is 5.73. The van der Waals surface area contributed by atoms with Crippen LogP contribution in [-0.4, -0.2) is 26.5 Å².